The fraction of sp³-hybridized carbons (Fsp3) is 0.423. The minimum Gasteiger partial charge on any atom is -0.471 e. The number of ether oxygens (including phenoxy) is 3. The number of amides is 1. The molecule has 10 nitrogen and oxygen atoms in total. The largest absolute Gasteiger partial charge is 0.471 e. The first kappa shape index (κ1) is 24.2. The van der Waals surface area contributed by atoms with Gasteiger partial charge in [0.1, 0.15) is 24.9 Å². The lowest BCUT2D eigenvalue weighted by Gasteiger charge is -2.34. The highest BCUT2D eigenvalue weighted by atomic mass is 16.6. The fourth-order valence-corrected chi connectivity index (χ4v) is 4.61. The summed E-state index contributed by atoms with van der Waals surface area (Å²) in [5, 5.41) is 21.4. The van der Waals surface area contributed by atoms with E-state index in [0.29, 0.717) is 55.3 Å². The molecule has 1 aliphatic heterocycles. The number of carbonyl (C=O) groups is 1. The third-order valence-electron chi connectivity index (χ3n) is 6.72. The van der Waals surface area contributed by atoms with Crippen molar-refractivity contribution in [2.45, 2.75) is 37.4 Å². The van der Waals surface area contributed by atoms with Gasteiger partial charge >= 0.3 is 6.09 Å². The predicted molar refractivity (Wildman–Crippen MR) is 132 cm³/mol. The van der Waals surface area contributed by atoms with Crippen LogP contribution in [0.4, 0.5) is 10.7 Å². The number of benzene rings is 2. The average Bonchev–Trinajstić information content (AvgIpc) is 3.20. The van der Waals surface area contributed by atoms with E-state index in [2.05, 4.69) is 4.98 Å². The van der Waals surface area contributed by atoms with Crippen LogP contribution in [-0.4, -0.2) is 88.9 Å². The first-order valence-electron chi connectivity index (χ1n) is 12.1. The van der Waals surface area contributed by atoms with E-state index in [-0.39, 0.29) is 12.7 Å². The molecule has 2 aromatic carbocycles. The molecule has 4 atom stereocenters. The fourth-order valence-electron chi connectivity index (χ4n) is 4.61. The van der Waals surface area contributed by atoms with Gasteiger partial charge in [-0.3, -0.25) is 0 Å². The van der Waals surface area contributed by atoms with Gasteiger partial charge in [-0.2, -0.15) is 4.98 Å². The van der Waals surface area contributed by atoms with Gasteiger partial charge in [0, 0.05) is 39.7 Å². The molecule has 190 valence electrons. The van der Waals surface area contributed by atoms with Gasteiger partial charge in [0.25, 0.3) is 0 Å². The summed E-state index contributed by atoms with van der Waals surface area (Å²) in [6, 6.07) is 17.1. The smallest absolute Gasteiger partial charge is 0.410 e. The average molecular weight is 495 g/mol. The summed E-state index contributed by atoms with van der Waals surface area (Å²) in [7, 11) is 1.50. The minimum atomic E-state index is -1.09. The third-order valence-corrected chi connectivity index (χ3v) is 6.72. The van der Waals surface area contributed by atoms with Crippen molar-refractivity contribution in [3.05, 3.63) is 60.2 Å². The van der Waals surface area contributed by atoms with E-state index in [1.807, 2.05) is 59.5 Å². The number of hydrogen-bond acceptors (Lipinski definition) is 9. The highest BCUT2D eigenvalue weighted by Crippen LogP contribution is 2.31. The number of para-hydroxylation sites is 1. The highest BCUT2D eigenvalue weighted by Gasteiger charge is 2.43. The van der Waals surface area contributed by atoms with Crippen LogP contribution in [0.5, 0.6) is 5.88 Å². The molecule has 1 aliphatic carbocycles. The van der Waals surface area contributed by atoms with Crippen LogP contribution < -0.4 is 9.64 Å². The van der Waals surface area contributed by atoms with Crippen LogP contribution in [0.3, 0.4) is 0 Å². The van der Waals surface area contributed by atoms with Crippen LogP contribution in [0.15, 0.2) is 54.6 Å². The van der Waals surface area contributed by atoms with Gasteiger partial charge in [-0.15, -0.1) is 0 Å². The van der Waals surface area contributed by atoms with Crippen molar-refractivity contribution in [3.63, 3.8) is 0 Å². The second kappa shape index (κ2) is 10.7. The number of anilines is 1. The molecule has 10 heteroatoms. The van der Waals surface area contributed by atoms with E-state index in [1.165, 1.54) is 7.11 Å². The van der Waals surface area contributed by atoms with Crippen LogP contribution in [0.25, 0.3) is 10.9 Å². The van der Waals surface area contributed by atoms with Crippen LogP contribution in [0, 0.1) is 0 Å². The van der Waals surface area contributed by atoms with Gasteiger partial charge in [0.2, 0.25) is 11.8 Å². The highest BCUT2D eigenvalue weighted by molar-refractivity contribution is 5.84. The van der Waals surface area contributed by atoms with Crippen molar-refractivity contribution in [3.8, 4) is 5.88 Å². The van der Waals surface area contributed by atoms with E-state index in [0.717, 1.165) is 5.56 Å². The van der Waals surface area contributed by atoms with Crippen molar-refractivity contribution in [2.75, 3.05) is 38.2 Å². The first-order valence-corrected chi connectivity index (χ1v) is 12.1. The molecule has 0 radical (unpaired) electrons. The van der Waals surface area contributed by atoms with Crippen molar-refractivity contribution >= 4 is 22.9 Å². The van der Waals surface area contributed by atoms with Gasteiger partial charge in [0.15, 0.2) is 0 Å². The summed E-state index contributed by atoms with van der Waals surface area (Å²) in [6.07, 6.45) is -3.28. The topological polar surface area (TPSA) is 117 Å². The van der Waals surface area contributed by atoms with Gasteiger partial charge in [-0.1, -0.05) is 42.5 Å². The zero-order valence-electron chi connectivity index (χ0n) is 20.1. The van der Waals surface area contributed by atoms with Crippen molar-refractivity contribution < 1.29 is 29.2 Å². The summed E-state index contributed by atoms with van der Waals surface area (Å²) in [4.78, 5) is 25.6. The number of carbonyl (C=O) groups excluding carboxylic acids is 1. The molecule has 1 aromatic heterocycles. The molecule has 2 N–H and O–H groups in total. The molecule has 2 heterocycles. The number of nitrogens with zero attached hydrogens (tertiary/aromatic N) is 4. The van der Waals surface area contributed by atoms with Crippen LogP contribution in [0.2, 0.25) is 0 Å². The van der Waals surface area contributed by atoms with Crippen LogP contribution in [-0.2, 0) is 16.1 Å². The first-order chi connectivity index (χ1) is 17.5. The van der Waals surface area contributed by atoms with Crippen molar-refractivity contribution in [1.29, 1.82) is 0 Å². The van der Waals surface area contributed by atoms with E-state index in [4.69, 9.17) is 19.2 Å². The third kappa shape index (κ3) is 5.06. The number of methoxy groups -OCH3 is 1. The Morgan fingerprint density at radius 2 is 1.64 bits per heavy atom. The van der Waals surface area contributed by atoms with Crippen molar-refractivity contribution in [1.82, 2.24) is 14.9 Å². The van der Waals surface area contributed by atoms with Crippen LogP contribution in [0.1, 0.15) is 12.0 Å². The molecule has 0 spiro atoms. The molecule has 36 heavy (non-hydrogen) atoms. The number of aliphatic hydroxyl groups excluding tert-OH is 2. The van der Waals surface area contributed by atoms with Gasteiger partial charge < -0.3 is 34.2 Å². The normalized spacial score (nSPS) is 24.2. The molecule has 0 unspecified atom stereocenters. The quantitative estimate of drug-likeness (QED) is 0.530. The molecule has 5 rings (SSSR count). The molecule has 3 aromatic rings. The lowest BCUT2D eigenvalue weighted by atomic mass is 10.2. The second-order valence-electron chi connectivity index (χ2n) is 9.01. The Balaban J connectivity index is 1.27. The molecule has 1 amide bonds. The zero-order valence-corrected chi connectivity index (χ0v) is 20.1. The molecule has 2 fully saturated rings. The summed E-state index contributed by atoms with van der Waals surface area (Å²) in [6.45, 7) is 2.26. The Labute approximate surface area is 209 Å². The van der Waals surface area contributed by atoms with E-state index < -0.39 is 24.4 Å². The van der Waals surface area contributed by atoms with Gasteiger partial charge in [0.05, 0.1) is 17.0 Å². The minimum absolute atomic E-state index is 0.236. The Morgan fingerprint density at radius 1 is 0.944 bits per heavy atom. The van der Waals surface area contributed by atoms with Gasteiger partial charge in [-0.25, -0.2) is 9.78 Å². The molecular weight excluding hydrogens is 464 g/mol. The standard InChI is InChI=1S/C26H30N4O6/c1-34-20-15-21(23(32)22(20)31)36-24-18-9-5-6-10-19(18)27-25(28-24)29-11-13-30(14-12-29)26(33)35-16-17-7-3-2-4-8-17/h2-10,20-23,31-32H,11-16H2,1H3/t20-,21+,22+,23+/m1/s1. The Kier molecular flexibility index (Phi) is 7.17. The summed E-state index contributed by atoms with van der Waals surface area (Å²) in [5.74, 6) is 0.825. The monoisotopic (exact) mass is 494 g/mol. The molecular formula is C26H30N4O6. The Morgan fingerprint density at radius 3 is 2.36 bits per heavy atom. The Hall–Kier alpha value is -3.47. The zero-order chi connectivity index (χ0) is 25.1. The predicted octanol–water partition coefficient (Wildman–Crippen LogP) is 1.98. The number of aliphatic hydroxyl groups is 2. The van der Waals surface area contributed by atoms with E-state index in [9.17, 15) is 15.0 Å². The Bertz CT molecular complexity index is 1190. The van der Waals surface area contributed by atoms with Crippen molar-refractivity contribution in [2.24, 2.45) is 0 Å². The summed E-state index contributed by atoms with van der Waals surface area (Å²) < 4.78 is 16.8. The lowest BCUT2D eigenvalue weighted by molar-refractivity contribution is -0.0483. The maximum atomic E-state index is 12.5. The summed E-state index contributed by atoms with van der Waals surface area (Å²) in [5.41, 5.74) is 1.65. The summed E-state index contributed by atoms with van der Waals surface area (Å²) >= 11 is 0. The SMILES string of the molecule is CO[C@@H]1C[C@H](Oc2nc(N3CCN(C(=O)OCc4ccccc4)CC3)nc3ccccc23)[C@H](O)[C@H]1O. The molecule has 1 saturated heterocycles. The number of hydrogen-bond donors (Lipinski definition) is 2. The lowest BCUT2D eigenvalue weighted by Crippen LogP contribution is -2.49. The molecule has 1 saturated carbocycles. The number of piperazine rings is 1. The number of rotatable bonds is 6. The van der Waals surface area contributed by atoms with Gasteiger partial charge in [-0.05, 0) is 17.7 Å². The number of fused-ring (bicyclic) bond motifs is 1. The molecule has 0 bridgehead atoms. The maximum Gasteiger partial charge on any atom is 0.410 e. The second-order valence-corrected chi connectivity index (χ2v) is 9.01. The number of aromatic nitrogens is 2. The van der Waals surface area contributed by atoms with Crippen LogP contribution >= 0.6 is 0 Å². The molecule has 2 aliphatic rings. The maximum absolute atomic E-state index is 12.5. The van der Waals surface area contributed by atoms with E-state index >= 15 is 0 Å². The van der Waals surface area contributed by atoms with E-state index in [1.54, 1.807) is 4.90 Å².